The number of carboxylic acid groups (broad SMARTS) is 2. The zero-order chi connectivity index (χ0) is 19.4. The van der Waals surface area contributed by atoms with Crippen molar-refractivity contribution >= 4 is 44.8 Å². The molecular weight excluding hydrogens is 360 g/mol. The summed E-state index contributed by atoms with van der Waals surface area (Å²) in [7, 11) is 0. The van der Waals surface area contributed by atoms with E-state index in [-0.39, 0.29) is 11.4 Å². The van der Waals surface area contributed by atoms with E-state index in [1.807, 2.05) is 0 Å². The number of aromatic carboxylic acids is 2. The summed E-state index contributed by atoms with van der Waals surface area (Å²) in [5.41, 5.74) is 3.54. The highest BCUT2D eigenvalue weighted by molar-refractivity contribution is 6.21. The Hall–Kier alpha value is -3.68. The molecule has 0 saturated heterocycles. The van der Waals surface area contributed by atoms with E-state index in [1.54, 1.807) is 12.1 Å². The van der Waals surface area contributed by atoms with Crippen LogP contribution in [0.3, 0.4) is 0 Å². The van der Waals surface area contributed by atoms with Crippen LogP contribution in [0.15, 0.2) is 24.3 Å². The largest absolute Gasteiger partial charge is 0.477 e. The van der Waals surface area contributed by atoms with Gasteiger partial charge in [-0.3, -0.25) is 0 Å². The number of carboxylic acids is 2. The minimum atomic E-state index is -1.17. The molecule has 8 nitrogen and oxygen atoms in total. The summed E-state index contributed by atoms with van der Waals surface area (Å²) in [4.78, 5) is 41.0. The first kappa shape index (κ1) is 16.5. The Kier molecular flexibility index (Phi) is 3.48. The second-order valence-electron chi connectivity index (χ2n) is 6.82. The van der Waals surface area contributed by atoms with Gasteiger partial charge < -0.3 is 10.2 Å². The summed E-state index contributed by atoms with van der Waals surface area (Å²) in [5, 5.41) is 19.9. The lowest BCUT2D eigenvalue weighted by Crippen LogP contribution is -2.09. The fraction of sp³-hybridized carbons (Fsp3) is 0.200. The predicted octanol–water partition coefficient (Wildman–Crippen LogP) is 3.00. The molecule has 0 spiro atoms. The molecule has 1 aliphatic rings. The number of hydrogen-bond acceptors (Lipinski definition) is 6. The number of aryl methyl sites for hydroxylation is 2. The first-order valence-electron chi connectivity index (χ1n) is 8.92. The average molecular weight is 374 g/mol. The van der Waals surface area contributed by atoms with Crippen molar-refractivity contribution < 1.29 is 19.8 Å². The molecule has 8 heteroatoms. The van der Waals surface area contributed by atoms with E-state index in [4.69, 9.17) is 9.97 Å². The van der Waals surface area contributed by atoms with Gasteiger partial charge in [-0.15, -0.1) is 0 Å². The molecule has 1 aliphatic carbocycles. The second-order valence-corrected chi connectivity index (χ2v) is 6.82. The molecule has 0 radical (unpaired) electrons. The summed E-state index contributed by atoms with van der Waals surface area (Å²) >= 11 is 0. The molecule has 0 saturated carbocycles. The molecule has 0 unspecified atom stereocenters. The van der Waals surface area contributed by atoms with E-state index in [2.05, 4.69) is 9.97 Å². The molecule has 5 rings (SSSR count). The third-order valence-corrected chi connectivity index (χ3v) is 5.09. The second kappa shape index (κ2) is 5.91. The first-order valence-corrected chi connectivity index (χ1v) is 8.92. The van der Waals surface area contributed by atoms with Gasteiger partial charge in [-0.05, 0) is 49.9 Å². The number of rotatable bonds is 2. The van der Waals surface area contributed by atoms with Gasteiger partial charge >= 0.3 is 11.9 Å². The minimum Gasteiger partial charge on any atom is -0.477 e. The van der Waals surface area contributed by atoms with Gasteiger partial charge in [0.15, 0.2) is 0 Å². The highest BCUT2D eigenvalue weighted by Crippen LogP contribution is 2.33. The maximum Gasteiger partial charge on any atom is 0.354 e. The van der Waals surface area contributed by atoms with Gasteiger partial charge in [-0.25, -0.2) is 29.5 Å². The summed E-state index contributed by atoms with van der Waals surface area (Å²) in [6.07, 6.45) is 3.83. The molecule has 0 fully saturated rings. The van der Waals surface area contributed by atoms with E-state index in [1.165, 1.54) is 12.1 Å². The fourth-order valence-corrected chi connectivity index (χ4v) is 3.77. The molecule has 28 heavy (non-hydrogen) atoms. The number of benzene rings is 1. The van der Waals surface area contributed by atoms with Gasteiger partial charge in [0.25, 0.3) is 0 Å². The van der Waals surface area contributed by atoms with E-state index in [0.717, 1.165) is 37.1 Å². The van der Waals surface area contributed by atoms with Gasteiger partial charge in [0.1, 0.15) is 11.4 Å². The number of pyridine rings is 2. The van der Waals surface area contributed by atoms with Crippen molar-refractivity contribution in [2.45, 2.75) is 25.7 Å². The van der Waals surface area contributed by atoms with E-state index >= 15 is 0 Å². The van der Waals surface area contributed by atoms with Crippen molar-refractivity contribution in [1.82, 2.24) is 19.9 Å². The predicted molar refractivity (Wildman–Crippen MR) is 101 cm³/mol. The Bertz CT molecular complexity index is 1230. The molecule has 0 bridgehead atoms. The Morgan fingerprint density at radius 3 is 1.43 bits per heavy atom. The number of nitrogens with zero attached hydrogens (tertiary/aromatic N) is 4. The topological polar surface area (TPSA) is 126 Å². The molecule has 0 amide bonds. The lowest BCUT2D eigenvalue weighted by atomic mass is 9.99. The number of carbonyl (C=O) groups is 2. The number of fused-ring (bicyclic) bond motifs is 7. The van der Waals surface area contributed by atoms with Gasteiger partial charge in [0, 0.05) is 10.8 Å². The standard InChI is InChI=1S/C20H14N4O4/c25-19(26)13-7-5-9-15-16(22-12-4-2-1-3-11(12)21-15)10-6-8-14(20(27)28)24-18(10)17(9)23-13/h5-8H,1-4H2,(H,25,26)(H,27,28). The number of aromatic nitrogens is 4. The van der Waals surface area contributed by atoms with Crippen molar-refractivity contribution in [2.75, 3.05) is 0 Å². The van der Waals surface area contributed by atoms with Gasteiger partial charge in [0.05, 0.1) is 33.5 Å². The van der Waals surface area contributed by atoms with Crippen LogP contribution in [-0.4, -0.2) is 42.1 Å². The van der Waals surface area contributed by atoms with Crippen molar-refractivity contribution in [3.63, 3.8) is 0 Å². The van der Waals surface area contributed by atoms with Crippen LogP contribution in [0.4, 0.5) is 0 Å². The third kappa shape index (κ3) is 2.38. The molecule has 4 aromatic rings. The zero-order valence-electron chi connectivity index (χ0n) is 14.6. The zero-order valence-corrected chi connectivity index (χ0v) is 14.6. The third-order valence-electron chi connectivity index (χ3n) is 5.09. The first-order chi connectivity index (χ1) is 13.5. The van der Waals surface area contributed by atoms with Crippen molar-refractivity contribution in [3.05, 3.63) is 47.0 Å². The van der Waals surface area contributed by atoms with Crippen LogP contribution in [0.1, 0.15) is 45.2 Å². The maximum atomic E-state index is 11.4. The highest BCUT2D eigenvalue weighted by Gasteiger charge is 2.20. The summed E-state index contributed by atoms with van der Waals surface area (Å²) in [6.45, 7) is 0. The van der Waals surface area contributed by atoms with Crippen LogP contribution in [0.25, 0.3) is 32.8 Å². The maximum absolute atomic E-state index is 11.4. The highest BCUT2D eigenvalue weighted by atomic mass is 16.4. The van der Waals surface area contributed by atoms with Crippen LogP contribution in [0.5, 0.6) is 0 Å². The van der Waals surface area contributed by atoms with Crippen LogP contribution in [0, 0.1) is 0 Å². The lowest BCUT2D eigenvalue weighted by Gasteiger charge is -2.16. The van der Waals surface area contributed by atoms with Crippen molar-refractivity contribution in [3.8, 4) is 0 Å². The average Bonchev–Trinajstić information content (AvgIpc) is 2.71. The smallest absolute Gasteiger partial charge is 0.354 e. The summed E-state index contributed by atoms with van der Waals surface area (Å²) in [6, 6.07) is 6.12. The Labute approximate surface area is 157 Å². The molecule has 0 atom stereocenters. The molecule has 1 aromatic carbocycles. The summed E-state index contributed by atoms with van der Waals surface area (Å²) < 4.78 is 0. The number of hydrogen-bond donors (Lipinski definition) is 2. The van der Waals surface area contributed by atoms with Crippen LogP contribution in [-0.2, 0) is 12.8 Å². The van der Waals surface area contributed by atoms with Crippen molar-refractivity contribution in [2.24, 2.45) is 0 Å². The lowest BCUT2D eigenvalue weighted by molar-refractivity contribution is 0.0680. The minimum absolute atomic E-state index is 0.137. The molecule has 0 aliphatic heterocycles. The van der Waals surface area contributed by atoms with E-state index < -0.39 is 11.9 Å². The van der Waals surface area contributed by atoms with Crippen molar-refractivity contribution in [1.29, 1.82) is 0 Å². The van der Waals surface area contributed by atoms with Gasteiger partial charge in [0.2, 0.25) is 0 Å². The normalized spacial score (nSPS) is 13.7. The molecule has 3 aromatic heterocycles. The Balaban J connectivity index is 1.99. The van der Waals surface area contributed by atoms with Gasteiger partial charge in [-0.2, -0.15) is 0 Å². The monoisotopic (exact) mass is 374 g/mol. The molecular formula is C20H14N4O4. The Morgan fingerprint density at radius 2 is 1.04 bits per heavy atom. The van der Waals surface area contributed by atoms with E-state index in [9.17, 15) is 19.8 Å². The molecule has 3 heterocycles. The van der Waals surface area contributed by atoms with Crippen LogP contribution in [0.2, 0.25) is 0 Å². The van der Waals surface area contributed by atoms with Crippen LogP contribution >= 0.6 is 0 Å². The SMILES string of the molecule is O=C(O)c1ccc2c(n1)c1nc(C(=O)O)ccc1c1nc3c(nc21)CCCC3. The van der Waals surface area contributed by atoms with Gasteiger partial charge in [-0.1, -0.05) is 0 Å². The molecule has 2 N–H and O–H groups in total. The quantitative estimate of drug-likeness (QED) is 0.513. The molecule has 138 valence electrons. The summed E-state index contributed by atoms with van der Waals surface area (Å²) in [5.74, 6) is -2.33. The Morgan fingerprint density at radius 1 is 0.643 bits per heavy atom. The van der Waals surface area contributed by atoms with Crippen LogP contribution < -0.4 is 0 Å². The fourth-order valence-electron chi connectivity index (χ4n) is 3.77. The van der Waals surface area contributed by atoms with E-state index in [0.29, 0.717) is 32.8 Å².